The fraction of sp³-hybridized carbons (Fsp3) is 0.653. The third-order valence-electron chi connectivity index (χ3n) is 14.2. The summed E-state index contributed by atoms with van der Waals surface area (Å²) < 4.78 is 45.1. The summed E-state index contributed by atoms with van der Waals surface area (Å²) in [6, 6.07) is 1.97. The van der Waals surface area contributed by atoms with Crippen LogP contribution in [0.4, 0.5) is 0 Å². The number of hydrogen-bond acceptors (Lipinski definition) is 13. The van der Waals surface area contributed by atoms with Crippen molar-refractivity contribution in [3.63, 3.8) is 0 Å². The minimum atomic E-state index is -3.26. The second-order valence-electron chi connectivity index (χ2n) is 37.4. The predicted octanol–water partition coefficient (Wildman–Crippen LogP) is 24.9. The molecule has 2 aliphatic carbocycles. The molecule has 0 aliphatic heterocycles. The highest BCUT2D eigenvalue weighted by Crippen LogP contribution is 2.36. The van der Waals surface area contributed by atoms with Gasteiger partial charge in [-0.1, -0.05) is 248 Å². The standard InChI is InChI=1S/C12H20.C11H18.C10H19NO.C9H14N2.C9H16O2.C7H13NO.C7H11NO.C7H12O.C7H10O.C6H13NO2S.C6H12O2S.7CH4/c1-10(12(2,3)4)11-8-6-5-7-9-11;1-9(11(2,3)4)10-7-5-6-8-10;1-6-8-11(9(12)7-2)10(3,4)5;1-7-10-6-5-8(11-7)9(2,3)4;1-9(2,3)8(11)6-4-5-7-10;2*1-5-6(9)8-7(2,3)4;2*1-5-6(8)7(2,3)4;1-5-10(8,9)7-6(2,3)4;1-5-9(7,8)6(2,3)4;;;;;;;/h8H,1,5-7,9H2,2-4H3;7H,1,5-6,8H2,2-4H3;7H,2,6,8H2,1,3-5H3;5-6H,1-4H3;4,6,10H,5,7H2,1-3H3;5H,1H2,2-4H3,(H,8,9);1H,2-4H3,(H,8,9);5H,1H2,2-4H3;1H,2-4H3;5,7H,1H2,2-4H3;5H,1H2,2-4H3;7*1H4/b;;;;6-4+;;;;;;;;;;;;;. The lowest BCUT2D eigenvalue weighted by Crippen LogP contribution is -2.45. The van der Waals surface area contributed by atoms with E-state index in [2.05, 4.69) is 159 Å². The number of amides is 3. The van der Waals surface area contributed by atoms with Crippen LogP contribution in [-0.4, -0.2) is 112 Å². The first-order valence-corrected chi connectivity index (χ1v) is 40.8. The number of hydrogen-bond donors (Lipinski definition) is 4. The zero-order chi connectivity index (χ0) is 89.5. The van der Waals surface area contributed by atoms with Crippen molar-refractivity contribution in [2.75, 3.05) is 13.2 Å². The molecule has 117 heavy (non-hydrogen) atoms. The highest BCUT2D eigenvalue weighted by molar-refractivity contribution is 7.95. The first-order chi connectivity index (χ1) is 48.9. The summed E-state index contributed by atoms with van der Waals surface area (Å²) in [5.74, 6) is 4.48. The number of nitrogens with one attached hydrogen (secondary N) is 3. The molecule has 0 radical (unpaired) electrons. The number of carbonyl (C=O) groups excluding carboxylic acids is 6. The van der Waals surface area contributed by atoms with Crippen LogP contribution in [0.3, 0.4) is 0 Å². The van der Waals surface area contributed by atoms with Gasteiger partial charge in [-0.2, -0.15) is 0 Å². The highest BCUT2D eigenvalue weighted by atomic mass is 32.2. The second kappa shape index (κ2) is 65.7. The molecule has 1 aromatic heterocycles. The number of aryl methyl sites for hydroxylation is 1. The van der Waals surface area contributed by atoms with Crippen LogP contribution in [-0.2, 0) is 54.0 Å². The molecule has 0 bridgehead atoms. The largest absolute Gasteiger partial charge is 0.396 e. The van der Waals surface area contributed by atoms with Crippen LogP contribution in [0.1, 0.15) is 357 Å². The molecule has 1 heterocycles. The molecule has 686 valence electrons. The number of sulfonamides is 1. The molecule has 0 saturated carbocycles. The number of aliphatic hydroxyl groups excluding tert-OH is 1. The van der Waals surface area contributed by atoms with E-state index < -0.39 is 30.1 Å². The maximum atomic E-state index is 11.4. The molecule has 2 aliphatic rings. The van der Waals surface area contributed by atoms with Crippen LogP contribution in [0.15, 0.2) is 134 Å². The van der Waals surface area contributed by atoms with E-state index in [1.165, 1.54) is 91.5 Å². The van der Waals surface area contributed by atoms with Gasteiger partial charge in [-0.05, 0) is 244 Å². The van der Waals surface area contributed by atoms with Gasteiger partial charge in [0.05, 0.1) is 4.75 Å². The molecule has 17 nitrogen and oxygen atoms in total. The monoisotopic (exact) mass is 1690 g/mol. The van der Waals surface area contributed by atoms with E-state index >= 15 is 0 Å². The molecule has 0 saturated heterocycles. The second-order valence-corrected chi connectivity index (χ2v) is 41.7. The van der Waals surface area contributed by atoms with Gasteiger partial charge in [-0.3, -0.25) is 28.8 Å². The van der Waals surface area contributed by atoms with Gasteiger partial charge in [0.2, 0.25) is 27.6 Å². The number of carbonyl (C=O) groups is 6. The van der Waals surface area contributed by atoms with Gasteiger partial charge >= 0.3 is 0 Å². The number of aliphatic hydroxyl groups is 1. The summed E-state index contributed by atoms with van der Waals surface area (Å²) in [5, 5.41) is 15.6. The smallest absolute Gasteiger partial charge is 0.296 e. The van der Waals surface area contributed by atoms with Crippen LogP contribution < -0.4 is 15.4 Å². The lowest BCUT2D eigenvalue weighted by atomic mass is 9.79. The van der Waals surface area contributed by atoms with E-state index in [1.54, 1.807) is 68.4 Å². The van der Waals surface area contributed by atoms with E-state index in [4.69, 9.17) is 18.0 Å². The lowest BCUT2D eigenvalue weighted by Gasteiger charge is -2.34. The minimum Gasteiger partial charge on any atom is -0.396 e. The first kappa shape index (κ1) is 145. The number of aromatic nitrogens is 2. The lowest BCUT2D eigenvalue weighted by molar-refractivity contribution is -0.130. The third kappa shape index (κ3) is 85.1. The Morgan fingerprint density at radius 1 is 0.538 bits per heavy atom. The quantitative estimate of drug-likeness (QED) is 0.0815. The van der Waals surface area contributed by atoms with Crippen molar-refractivity contribution in [2.45, 2.75) is 384 Å². The van der Waals surface area contributed by atoms with Crippen molar-refractivity contribution in [3.8, 4) is 24.7 Å². The van der Waals surface area contributed by atoms with Crippen molar-refractivity contribution in [1.29, 1.82) is 0 Å². The summed E-state index contributed by atoms with van der Waals surface area (Å²) in [6.45, 7) is 94.0. The Kier molecular flexibility index (Phi) is 81.2. The molecule has 0 atom stereocenters. The molecule has 3 amide bonds. The van der Waals surface area contributed by atoms with Gasteiger partial charge in [0, 0.05) is 79.7 Å². The van der Waals surface area contributed by atoms with E-state index in [-0.39, 0.29) is 143 Å². The van der Waals surface area contributed by atoms with Crippen LogP contribution >= 0.6 is 0 Å². The fourth-order valence-electron chi connectivity index (χ4n) is 7.56. The molecular weight excluding hydrogens is 1500 g/mol. The topological polar surface area (TPSA) is 256 Å². The number of sulfone groups is 1. The molecule has 0 unspecified atom stereocenters. The zero-order valence-corrected chi connectivity index (χ0v) is 77.6. The minimum absolute atomic E-state index is 0. The Balaban J connectivity index is -0.0000000750. The van der Waals surface area contributed by atoms with Crippen LogP contribution in [0, 0.1) is 58.7 Å². The summed E-state index contributed by atoms with van der Waals surface area (Å²) in [7, 11) is -6.34. The number of terminal acetylenes is 2. The Bertz CT molecular complexity index is 3470. The van der Waals surface area contributed by atoms with Crippen molar-refractivity contribution < 1.29 is 50.7 Å². The van der Waals surface area contributed by atoms with Crippen LogP contribution in [0.2, 0.25) is 0 Å². The van der Waals surface area contributed by atoms with Gasteiger partial charge in [0.15, 0.2) is 21.4 Å². The van der Waals surface area contributed by atoms with Gasteiger partial charge in [-0.25, -0.2) is 31.5 Å². The number of nitrogens with zero attached hydrogens (tertiary/aromatic N) is 3. The molecule has 0 fully saturated rings. The molecule has 4 N–H and O–H groups in total. The van der Waals surface area contributed by atoms with Crippen molar-refractivity contribution in [2.24, 2.45) is 27.1 Å². The van der Waals surface area contributed by atoms with Crippen LogP contribution in [0.5, 0.6) is 0 Å². The Morgan fingerprint density at radius 2 is 0.940 bits per heavy atom. The molecule has 0 aromatic carbocycles. The fourth-order valence-corrected chi connectivity index (χ4v) is 8.99. The molecule has 1 aromatic rings. The molecule has 19 heteroatoms. The maximum Gasteiger partial charge on any atom is 0.296 e. The molecule has 3 rings (SSSR count). The Morgan fingerprint density at radius 3 is 1.12 bits per heavy atom. The van der Waals surface area contributed by atoms with Crippen LogP contribution in [0.25, 0.3) is 0 Å². The summed E-state index contributed by atoms with van der Waals surface area (Å²) in [6.07, 6.45) is 34.0. The van der Waals surface area contributed by atoms with E-state index in [0.717, 1.165) is 35.3 Å². The first-order valence-electron chi connectivity index (χ1n) is 37.7. The summed E-state index contributed by atoms with van der Waals surface area (Å²) >= 11 is 0. The SMILES string of the molecule is C.C.C.C.C.C.C.C#CC(=O)C(C)(C)C.C#CC(=O)NC(C)(C)C.C=C(C1=CCCC1)C(C)(C)C.C=C(C1=CCCCC1)C(C)(C)C.C=CC(=O)C(C)(C)C.C=CC(=O)N(CCC)C(C)(C)C.C=CC(=O)NC(C)(C)C.C=CS(=O)(=O)C(C)(C)C.C=CS(=O)(=O)NC(C)(C)C.CC(C)(C)C(=O)/C=C/CCO.Cc1nccc(C(C)(C)C)n1. The highest BCUT2D eigenvalue weighted by Gasteiger charge is 2.27. The van der Waals surface area contributed by atoms with Crippen molar-refractivity contribution in [3.05, 3.63) is 145 Å². The van der Waals surface area contributed by atoms with Gasteiger partial charge in [-0.15, -0.1) is 12.8 Å². The van der Waals surface area contributed by atoms with Gasteiger partial charge in [0.1, 0.15) is 5.82 Å². The van der Waals surface area contributed by atoms with E-state index in [0.29, 0.717) is 6.42 Å². The molecule has 0 spiro atoms. The number of ketones is 3. The Labute approximate surface area is 726 Å². The van der Waals surface area contributed by atoms with E-state index in [9.17, 15) is 45.6 Å². The Hall–Kier alpha value is -7.16. The normalized spacial score (nSPS) is 12.2. The van der Waals surface area contributed by atoms with Crippen molar-refractivity contribution >= 4 is 54.9 Å². The van der Waals surface area contributed by atoms with Crippen molar-refractivity contribution in [1.82, 2.24) is 30.2 Å². The maximum absolute atomic E-state index is 11.4. The predicted molar refractivity (Wildman–Crippen MR) is 519 cm³/mol. The zero-order valence-electron chi connectivity index (χ0n) is 75.9. The van der Waals surface area contributed by atoms with E-state index in [1.807, 2.05) is 134 Å². The summed E-state index contributed by atoms with van der Waals surface area (Å²) in [4.78, 5) is 75.1. The average molecular weight is 1690 g/mol. The average Bonchev–Trinajstić information content (AvgIpc) is 1.67. The molecular formula is C98H186N6O11S2. The number of rotatable bonds is 13. The third-order valence-corrected chi connectivity index (χ3v) is 17.7. The summed E-state index contributed by atoms with van der Waals surface area (Å²) in [5.41, 5.74) is 5.62. The van der Waals surface area contributed by atoms with Gasteiger partial charge in [0.25, 0.3) is 5.91 Å². The number of Topliss-reactive ketones (excluding diaryl/α,β-unsaturated/α-hetero) is 1. The number of allylic oxidation sites excluding steroid dienone is 8. The van der Waals surface area contributed by atoms with Gasteiger partial charge < -0.3 is 20.6 Å².